The summed E-state index contributed by atoms with van der Waals surface area (Å²) in [6.07, 6.45) is 4.25. The standard InChI is InChI=1S/C21H33N5O2/c1-16-7-9-25(10-8-16)15-19-5-6-20(28-19)21(27)26(12-11-24(3)4)14-18-13-22-17(2)23-18/h5-6,13,16H,7-12,14-15H2,1-4H3,(H,22,23). The molecule has 0 atom stereocenters. The van der Waals surface area contributed by atoms with Crippen molar-refractivity contribution in [2.24, 2.45) is 5.92 Å². The van der Waals surface area contributed by atoms with Gasteiger partial charge >= 0.3 is 0 Å². The first-order valence-electron chi connectivity index (χ1n) is 10.2. The van der Waals surface area contributed by atoms with Crippen molar-refractivity contribution in [3.63, 3.8) is 0 Å². The van der Waals surface area contributed by atoms with E-state index in [2.05, 4.69) is 26.7 Å². The molecule has 1 aliphatic rings. The normalized spacial score (nSPS) is 16.0. The van der Waals surface area contributed by atoms with Crippen molar-refractivity contribution in [3.05, 3.63) is 41.4 Å². The fraction of sp³-hybridized carbons (Fsp3) is 0.619. The van der Waals surface area contributed by atoms with Crippen LogP contribution in [0.25, 0.3) is 0 Å². The van der Waals surface area contributed by atoms with Gasteiger partial charge in [0, 0.05) is 13.1 Å². The molecule has 2 aromatic rings. The molecular formula is C21H33N5O2. The van der Waals surface area contributed by atoms with Gasteiger partial charge in [-0.2, -0.15) is 0 Å². The molecule has 0 radical (unpaired) electrons. The van der Waals surface area contributed by atoms with Crippen molar-refractivity contribution < 1.29 is 9.21 Å². The number of nitrogens with zero attached hydrogens (tertiary/aromatic N) is 4. The lowest BCUT2D eigenvalue weighted by molar-refractivity contribution is 0.0693. The highest BCUT2D eigenvalue weighted by Crippen LogP contribution is 2.20. The summed E-state index contributed by atoms with van der Waals surface area (Å²) in [5.41, 5.74) is 0.929. The molecule has 1 amide bonds. The number of carbonyl (C=O) groups excluding carboxylic acids is 1. The van der Waals surface area contributed by atoms with E-state index in [9.17, 15) is 4.79 Å². The Labute approximate surface area is 167 Å². The van der Waals surface area contributed by atoms with Crippen molar-refractivity contribution in [2.45, 2.75) is 39.8 Å². The predicted octanol–water partition coefficient (Wildman–Crippen LogP) is 2.75. The number of hydrogen-bond acceptors (Lipinski definition) is 5. The molecule has 0 aromatic carbocycles. The molecule has 2 aromatic heterocycles. The highest BCUT2D eigenvalue weighted by Gasteiger charge is 2.22. The maximum atomic E-state index is 13.1. The Balaban J connectivity index is 1.65. The molecule has 7 nitrogen and oxygen atoms in total. The zero-order valence-electron chi connectivity index (χ0n) is 17.6. The summed E-state index contributed by atoms with van der Waals surface area (Å²) in [6, 6.07) is 3.75. The number of H-pyrrole nitrogens is 1. The maximum Gasteiger partial charge on any atom is 0.289 e. The number of aromatic nitrogens is 2. The van der Waals surface area contributed by atoms with Crippen LogP contribution in [0, 0.1) is 12.8 Å². The Morgan fingerprint density at radius 2 is 2.04 bits per heavy atom. The number of rotatable bonds is 8. The first kappa shape index (κ1) is 20.6. The summed E-state index contributed by atoms with van der Waals surface area (Å²) >= 11 is 0. The van der Waals surface area contributed by atoms with E-state index in [0.29, 0.717) is 18.8 Å². The van der Waals surface area contributed by atoms with Crippen LogP contribution >= 0.6 is 0 Å². The molecule has 3 rings (SSSR count). The minimum Gasteiger partial charge on any atom is -0.455 e. The highest BCUT2D eigenvalue weighted by molar-refractivity contribution is 5.91. The third-order valence-corrected chi connectivity index (χ3v) is 5.35. The lowest BCUT2D eigenvalue weighted by atomic mass is 9.99. The predicted molar refractivity (Wildman–Crippen MR) is 109 cm³/mol. The topological polar surface area (TPSA) is 68.6 Å². The summed E-state index contributed by atoms with van der Waals surface area (Å²) in [5, 5.41) is 0. The van der Waals surface area contributed by atoms with Gasteiger partial charge in [0.1, 0.15) is 11.6 Å². The van der Waals surface area contributed by atoms with Crippen molar-refractivity contribution >= 4 is 5.91 Å². The number of piperidine rings is 1. The van der Waals surface area contributed by atoms with Gasteiger partial charge in [-0.25, -0.2) is 4.98 Å². The molecule has 154 valence electrons. The van der Waals surface area contributed by atoms with Crippen LogP contribution in [0.15, 0.2) is 22.7 Å². The molecule has 28 heavy (non-hydrogen) atoms. The van der Waals surface area contributed by atoms with Crippen LogP contribution in [-0.4, -0.2) is 70.8 Å². The second kappa shape index (κ2) is 9.39. The molecule has 1 aliphatic heterocycles. The monoisotopic (exact) mass is 387 g/mol. The number of furan rings is 1. The zero-order chi connectivity index (χ0) is 20.1. The summed E-state index contributed by atoms with van der Waals surface area (Å²) in [4.78, 5) is 26.8. The van der Waals surface area contributed by atoms with Crippen LogP contribution in [0.4, 0.5) is 0 Å². The Kier molecular flexibility index (Phi) is 6.91. The van der Waals surface area contributed by atoms with Gasteiger partial charge < -0.3 is 19.2 Å². The first-order chi connectivity index (χ1) is 13.4. The molecular weight excluding hydrogens is 354 g/mol. The number of aromatic amines is 1. The van der Waals surface area contributed by atoms with Gasteiger partial charge in [0.05, 0.1) is 25.0 Å². The molecule has 1 fully saturated rings. The molecule has 0 unspecified atom stereocenters. The minimum atomic E-state index is -0.0763. The fourth-order valence-corrected chi connectivity index (χ4v) is 3.50. The molecule has 0 bridgehead atoms. The number of likely N-dealkylation sites (tertiary alicyclic amines) is 1. The Bertz CT molecular complexity index is 758. The lowest BCUT2D eigenvalue weighted by Gasteiger charge is -2.29. The van der Waals surface area contributed by atoms with Crippen LogP contribution in [0.1, 0.15) is 47.6 Å². The van der Waals surface area contributed by atoms with E-state index in [1.54, 1.807) is 6.20 Å². The van der Waals surface area contributed by atoms with E-state index in [1.807, 2.05) is 38.1 Å². The molecule has 0 spiro atoms. The lowest BCUT2D eigenvalue weighted by Crippen LogP contribution is -2.36. The van der Waals surface area contributed by atoms with Gasteiger partial charge in [-0.3, -0.25) is 9.69 Å². The molecule has 0 saturated carbocycles. The van der Waals surface area contributed by atoms with Crippen LogP contribution in [0.2, 0.25) is 0 Å². The highest BCUT2D eigenvalue weighted by atomic mass is 16.4. The van der Waals surface area contributed by atoms with Gasteiger partial charge in [-0.1, -0.05) is 6.92 Å². The fourth-order valence-electron chi connectivity index (χ4n) is 3.50. The Morgan fingerprint density at radius 3 is 2.68 bits per heavy atom. The van der Waals surface area contributed by atoms with Gasteiger partial charge in [-0.05, 0) is 65.0 Å². The van der Waals surface area contributed by atoms with Gasteiger partial charge in [-0.15, -0.1) is 0 Å². The average Bonchev–Trinajstić information content (AvgIpc) is 3.29. The second-order valence-electron chi connectivity index (χ2n) is 8.25. The first-order valence-corrected chi connectivity index (χ1v) is 10.2. The van der Waals surface area contributed by atoms with Crippen LogP contribution < -0.4 is 0 Å². The summed E-state index contributed by atoms with van der Waals surface area (Å²) in [6.45, 7) is 9.10. The number of likely N-dealkylation sites (N-methyl/N-ethyl adjacent to an activating group) is 1. The number of hydrogen-bond donors (Lipinski definition) is 1. The van der Waals surface area contributed by atoms with Crippen LogP contribution in [0.5, 0.6) is 0 Å². The number of imidazole rings is 1. The minimum absolute atomic E-state index is 0.0763. The Hall–Kier alpha value is -2.12. The van der Waals surface area contributed by atoms with Crippen molar-refractivity contribution in [3.8, 4) is 0 Å². The van der Waals surface area contributed by atoms with Crippen molar-refractivity contribution in [1.29, 1.82) is 0 Å². The molecule has 3 heterocycles. The number of aryl methyl sites for hydroxylation is 1. The van der Waals surface area contributed by atoms with Crippen molar-refractivity contribution in [2.75, 3.05) is 40.3 Å². The van der Waals surface area contributed by atoms with E-state index >= 15 is 0 Å². The second-order valence-corrected chi connectivity index (χ2v) is 8.25. The van der Waals surface area contributed by atoms with Gasteiger partial charge in [0.15, 0.2) is 5.76 Å². The quantitative estimate of drug-likeness (QED) is 0.754. The average molecular weight is 388 g/mol. The molecule has 0 aliphatic carbocycles. The summed E-state index contributed by atoms with van der Waals surface area (Å²) in [7, 11) is 4.01. The van der Waals surface area contributed by atoms with Gasteiger partial charge in [0.2, 0.25) is 0 Å². The maximum absolute atomic E-state index is 13.1. The number of amides is 1. The SMILES string of the molecule is Cc1ncc(CN(CCN(C)C)C(=O)c2ccc(CN3CCC(C)CC3)o2)[nH]1. The molecule has 7 heteroatoms. The number of carbonyl (C=O) groups is 1. The Morgan fingerprint density at radius 1 is 1.29 bits per heavy atom. The largest absolute Gasteiger partial charge is 0.455 e. The summed E-state index contributed by atoms with van der Waals surface area (Å²) in [5.74, 6) is 2.86. The van der Waals surface area contributed by atoms with E-state index in [1.165, 1.54) is 12.8 Å². The van der Waals surface area contributed by atoms with E-state index in [0.717, 1.165) is 49.4 Å². The van der Waals surface area contributed by atoms with Crippen molar-refractivity contribution in [1.82, 2.24) is 24.7 Å². The third-order valence-electron chi connectivity index (χ3n) is 5.35. The van der Waals surface area contributed by atoms with E-state index in [4.69, 9.17) is 4.42 Å². The van der Waals surface area contributed by atoms with E-state index in [-0.39, 0.29) is 5.91 Å². The van der Waals surface area contributed by atoms with E-state index < -0.39 is 0 Å². The van der Waals surface area contributed by atoms with Gasteiger partial charge in [0.25, 0.3) is 5.91 Å². The van der Waals surface area contributed by atoms with Crippen LogP contribution in [-0.2, 0) is 13.1 Å². The smallest absolute Gasteiger partial charge is 0.289 e. The summed E-state index contributed by atoms with van der Waals surface area (Å²) < 4.78 is 5.93. The number of nitrogens with one attached hydrogen (secondary N) is 1. The molecule has 1 N–H and O–H groups in total. The molecule has 1 saturated heterocycles. The van der Waals surface area contributed by atoms with Crippen LogP contribution in [0.3, 0.4) is 0 Å². The zero-order valence-corrected chi connectivity index (χ0v) is 17.6. The third kappa shape index (κ3) is 5.69.